The highest BCUT2D eigenvalue weighted by Gasteiger charge is 1.97. The fraction of sp³-hybridized carbons (Fsp3) is 0.250. The molecule has 0 unspecified atom stereocenters. The smallest absolute Gasteiger partial charge is 0.370 e. The van der Waals surface area contributed by atoms with Crippen LogP contribution >= 0.6 is 0 Å². The number of hydrogen-bond acceptors (Lipinski definition) is 2. The number of aliphatic hydroxyl groups excluding tert-OH is 1. The van der Waals surface area contributed by atoms with Gasteiger partial charge in [0, 0.05) is 0 Å². The average Bonchev–Trinajstić information content (AvgIpc) is 1.65. The number of carboxylic acids is 1. The van der Waals surface area contributed by atoms with Crippen molar-refractivity contribution >= 4 is 5.97 Å². The standard InChI is InChI=1S/C4H6O3/c1-2-3(5)4(6)7/h2,5H,1H3,(H,6,7). The van der Waals surface area contributed by atoms with E-state index in [9.17, 15) is 4.79 Å². The third-order valence-electron chi connectivity index (χ3n) is 0.493. The highest BCUT2D eigenvalue weighted by molar-refractivity contribution is 5.83. The van der Waals surface area contributed by atoms with E-state index in [4.69, 9.17) is 10.2 Å². The van der Waals surface area contributed by atoms with Gasteiger partial charge in [0.25, 0.3) is 0 Å². The van der Waals surface area contributed by atoms with Crippen LogP contribution in [0.1, 0.15) is 6.92 Å². The molecular formula is C4H6O3. The lowest BCUT2D eigenvalue weighted by Crippen LogP contribution is -1.97. The molecule has 0 heterocycles. The maximum absolute atomic E-state index is 9.61. The maximum Gasteiger partial charge on any atom is 0.370 e. The molecule has 0 aromatic carbocycles. The molecule has 0 saturated carbocycles. The number of carbonyl (C=O) groups is 1. The zero-order chi connectivity index (χ0) is 5.86. The van der Waals surface area contributed by atoms with Crippen molar-refractivity contribution < 1.29 is 15.0 Å². The molecule has 0 aromatic heterocycles. The van der Waals surface area contributed by atoms with Crippen molar-refractivity contribution in [3.8, 4) is 0 Å². The fourth-order valence-corrected chi connectivity index (χ4v) is 0.123. The molecule has 0 saturated heterocycles. The van der Waals surface area contributed by atoms with Gasteiger partial charge in [-0.1, -0.05) is 0 Å². The van der Waals surface area contributed by atoms with Crippen molar-refractivity contribution in [2.45, 2.75) is 6.92 Å². The van der Waals surface area contributed by atoms with Crippen LogP contribution in [0, 0.1) is 0 Å². The van der Waals surface area contributed by atoms with Gasteiger partial charge < -0.3 is 10.2 Å². The molecule has 0 spiro atoms. The van der Waals surface area contributed by atoms with Crippen LogP contribution in [0.5, 0.6) is 0 Å². The van der Waals surface area contributed by atoms with E-state index < -0.39 is 11.7 Å². The van der Waals surface area contributed by atoms with Gasteiger partial charge in [-0.2, -0.15) is 0 Å². The first kappa shape index (κ1) is 6.01. The Kier molecular flexibility index (Phi) is 1.91. The number of hydrogen-bond donors (Lipinski definition) is 2. The first-order valence-corrected chi connectivity index (χ1v) is 1.77. The molecule has 0 amide bonds. The van der Waals surface area contributed by atoms with Crippen LogP contribution in [0.4, 0.5) is 0 Å². The summed E-state index contributed by atoms with van der Waals surface area (Å²) < 4.78 is 0. The van der Waals surface area contributed by atoms with Crippen LogP contribution in [-0.4, -0.2) is 16.2 Å². The Hall–Kier alpha value is -0.990. The zero-order valence-electron chi connectivity index (χ0n) is 3.88. The van der Waals surface area contributed by atoms with Gasteiger partial charge in [-0.15, -0.1) is 0 Å². The molecule has 0 aliphatic carbocycles. The molecule has 0 aliphatic rings. The van der Waals surface area contributed by atoms with Gasteiger partial charge in [0.15, 0.2) is 5.76 Å². The van der Waals surface area contributed by atoms with Crippen LogP contribution in [0.25, 0.3) is 0 Å². The Morgan fingerprint density at radius 3 is 2.00 bits per heavy atom. The lowest BCUT2D eigenvalue weighted by atomic mass is 10.5. The zero-order valence-corrected chi connectivity index (χ0v) is 3.88. The Morgan fingerprint density at radius 2 is 2.00 bits per heavy atom. The Bertz CT molecular complexity index is 104. The Morgan fingerprint density at radius 1 is 1.57 bits per heavy atom. The lowest BCUT2D eigenvalue weighted by Gasteiger charge is -1.83. The topological polar surface area (TPSA) is 57.5 Å². The van der Waals surface area contributed by atoms with Gasteiger partial charge in [-0.3, -0.25) is 0 Å². The quantitative estimate of drug-likeness (QED) is 0.375. The summed E-state index contributed by atoms with van der Waals surface area (Å²) in [6.07, 6.45) is 1.11. The second-order valence-corrected chi connectivity index (χ2v) is 0.979. The molecule has 3 nitrogen and oxygen atoms in total. The van der Waals surface area contributed by atoms with Crippen LogP contribution in [0.15, 0.2) is 11.8 Å². The van der Waals surface area contributed by atoms with Crippen molar-refractivity contribution in [3.05, 3.63) is 11.8 Å². The summed E-state index contributed by atoms with van der Waals surface area (Å²) in [5.74, 6) is -1.90. The minimum Gasteiger partial charge on any atom is -0.502 e. The summed E-state index contributed by atoms with van der Waals surface area (Å²) in [7, 11) is 0. The third kappa shape index (κ3) is 1.81. The van der Waals surface area contributed by atoms with Crippen molar-refractivity contribution in [2.24, 2.45) is 0 Å². The highest BCUT2D eigenvalue weighted by atomic mass is 16.4. The van der Waals surface area contributed by atoms with Crippen molar-refractivity contribution in [1.29, 1.82) is 0 Å². The summed E-state index contributed by atoms with van der Waals surface area (Å²) >= 11 is 0. The molecule has 3 heteroatoms. The number of carboxylic acid groups (broad SMARTS) is 1. The molecule has 0 aromatic rings. The molecule has 7 heavy (non-hydrogen) atoms. The van der Waals surface area contributed by atoms with E-state index >= 15 is 0 Å². The number of rotatable bonds is 1. The first-order chi connectivity index (χ1) is 3.18. The van der Waals surface area contributed by atoms with Gasteiger partial charge in [-0.05, 0) is 13.0 Å². The van der Waals surface area contributed by atoms with Gasteiger partial charge >= 0.3 is 5.97 Å². The molecular weight excluding hydrogens is 96.0 g/mol. The second-order valence-electron chi connectivity index (χ2n) is 0.979. The highest BCUT2D eigenvalue weighted by Crippen LogP contribution is 1.83. The van der Waals surface area contributed by atoms with Gasteiger partial charge in [0.05, 0.1) is 0 Å². The number of aliphatic carboxylic acids is 1. The summed E-state index contributed by atoms with van der Waals surface area (Å²) in [5, 5.41) is 16.1. The van der Waals surface area contributed by atoms with Crippen LogP contribution in [0.3, 0.4) is 0 Å². The SMILES string of the molecule is CC=C(O)C(=O)O. The van der Waals surface area contributed by atoms with Crippen LogP contribution in [-0.2, 0) is 4.79 Å². The van der Waals surface area contributed by atoms with E-state index in [-0.39, 0.29) is 0 Å². The van der Waals surface area contributed by atoms with E-state index in [1.54, 1.807) is 0 Å². The van der Waals surface area contributed by atoms with Crippen molar-refractivity contribution in [1.82, 2.24) is 0 Å². The van der Waals surface area contributed by atoms with Crippen LogP contribution in [0.2, 0.25) is 0 Å². The fourth-order valence-electron chi connectivity index (χ4n) is 0.123. The average molecular weight is 102 g/mol. The third-order valence-corrected chi connectivity index (χ3v) is 0.493. The van der Waals surface area contributed by atoms with Gasteiger partial charge in [-0.25, -0.2) is 4.79 Å². The molecule has 0 rings (SSSR count). The van der Waals surface area contributed by atoms with E-state index in [0.29, 0.717) is 0 Å². The van der Waals surface area contributed by atoms with Crippen LogP contribution < -0.4 is 0 Å². The Labute approximate surface area is 40.9 Å². The maximum atomic E-state index is 9.61. The second kappa shape index (κ2) is 2.23. The molecule has 0 atom stereocenters. The van der Waals surface area contributed by atoms with Crippen molar-refractivity contribution in [2.75, 3.05) is 0 Å². The largest absolute Gasteiger partial charge is 0.502 e. The summed E-state index contributed by atoms with van der Waals surface area (Å²) in [6.45, 7) is 1.45. The van der Waals surface area contributed by atoms with E-state index in [1.165, 1.54) is 6.92 Å². The number of aliphatic hydroxyl groups is 1. The molecule has 2 N–H and O–H groups in total. The molecule has 0 fully saturated rings. The monoisotopic (exact) mass is 102 g/mol. The molecule has 40 valence electrons. The summed E-state index contributed by atoms with van der Waals surface area (Å²) in [6, 6.07) is 0. The minimum absolute atomic E-state index is 0.611. The van der Waals surface area contributed by atoms with E-state index in [0.717, 1.165) is 6.08 Å². The predicted octanol–water partition coefficient (Wildman–Crippen LogP) is 0.533. The van der Waals surface area contributed by atoms with Gasteiger partial charge in [0.2, 0.25) is 0 Å². The first-order valence-electron chi connectivity index (χ1n) is 1.77. The normalized spacial score (nSPS) is 11.3. The van der Waals surface area contributed by atoms with Crippen molar-refractivity contribution in [3.63, 3.8) is 0 Å². The summed E-state index contributed by atoms with van der Waals surface area (Å²) in [4.78, 5) is 9.61. The summed E-state index contributed by atoms with van der Waals surface area (Å²) in [5.41, 5.74) is 0. The number of allylic oxidation sites excluding steroid dienone is 1. The Balaban J connectivity index is 3.82. The lowest BCUT2D eigenvalue weighted by molar-refractivity contribution is -0.135. The molecule has 0 bridgehead atoms. The van der Waals surface area contributed by atoms with E-state index in [2.05, 4.69) is 0 Å². The predicted molar refractivity (Wildman–Crippen MR) is 24.0 cm³/mol. The molecule has 0 radical (unpaired) electrons. The molecule has 0 aliphatic heterocycles. The van der Waals surface area contributed by atoms with E-state index in [1.807, 2.05) is 0 Å². The minimum atomic E-state index is -1.29. The van der Waals surface area contributed by atoms with Gasteiger partial charge in [0.1, 0.15) is 0 Å².